The molecule has 20 heavy (non-hydrogen) atoms. The van der Waals surface area contributed by atoms with Gasteiger partial charge in [-0.2, -0.15) is 0 Å². The summed E-state index contributed by atoms with van der Waals surface area (Å²) >= 11 is 3.18. The lowest BCUT2D eigenvalue weighted by molar-refractivity contribution is -0.274. The van der Waals surface area contributed by atoms with Crippen molar-refractivity contribution in [1.29, 1.82) is 0 Å². The summed E-state index contributed by atoms with van der Waals surface area (Å²) in [5, 5.41) is 3.25. The first kappa shape index (κ1) is 15.4. The van der Waals surface area contributed by atoms with E-state index in [1.54, 1.807) is 12.1 Å². The summed E-state index contributed by atoms with van der Waals surface area (Å²) in [6.45, 7) is 4.19. The number of benzene rings is 1. The number of anilines is 1. The van der Waals surface area contributed by atoms with E-state index in [-0.39, 0.29) is 11.8 Å². The summed E-state index contributed by atoms with van der Waals surface area (Å²) in [4.78, 5) is 1.98. The number of halogens is 4. The van der Waals surface area contributed by atoms with Gasteiger partial charge < -0.3 is 15.0 Å². The molecule has 0 amide bonds. The first-order valence-corrected chi connectivity index (χ1v) is 7.22. The highest BCUT2D eigenvalue weighted by Crippen LogP contribution is 2.36. The smallest absolute Gasteiger partial charge is 0.404 e. The number of nitrogens with zero attached hydrogens (tertiary/aromatic N) is 1. The third kappa shape index (κ3) is 3.79. The molecular weight excluding hydrogens is 337 g/mol. The van der Waals surface area contributed by atoms with Gasteiger partial charge in [0.05, 0.1) is 5.69 Å². The van der Waals surface area contributed by atoms with Crippen LogP contribution in [0.15, 0.2) is 22.7 Å². The van der Waals surface area contributed by atoms with Gasteiger partial charge in [0.1, 0.15) is 0 Å². The monoisotopic (exact) mass is 352 g/mol. The minimum absolute atomic E-state index is 0.160. The average Bonchev–Trinajstić information content (AvgIpc) is 2.37. The SMILES string of the molecule is CCC1CNCCN1c1ccc(Br)cc1OC(F)(F)F. The van der Waals surface area contributed by atoms with E-state index >= 15 is 0 Å². The summed E-state index contributed by atoms with van der Waals surface area (Å²) in [5.74, 6) is -0.160. The molecule has 1 aliphatic rings. The van der Waals surface area contributed by atoms with Crippen molar-refractivity contribution in [2.75, 3.05) is 24.5 Å². The zero-order valence-corrected chi connectivity index (χ0v) is 12.6. The van der Waals surface area contributed by atoms with Crippen molar-refractivity contribution in [3.63, 3.8) is 0 Å². The van der Waals surface area contributed by atoms with Gasteiger partial charge in [-0.25, -0.2) is 0 Å². The maximum absolute atomic E-state index is 12.5. The number of alkyl halides is 3. The van der Waals surface area contributed by atoms with Crippen molar-refractivity contribution in [3.05, 3.63) is 22.7 Å². The van der Waals surface area contributed by atoms with E-state index in [1.807, 2.05) is 11.8 Å². The zero-order valence-electron chi connectivity index (χ0n) is 11.0. The largest absolute Gasteiger partial charge is 0.573 e. The predicted molar refractivity (Wildman–Crippen MR) is 75.1 cm³/mol. The van der Waals surface area contributed by atoms with E-state index in [0.717, 1.165) is 19.5 Å². The van der Waals surface area contributed by atoms with Crippen LogP contribution < -0.4 is 15.0 Å². The molecule has 1 aliphatic heterocycles. The Morgan fingerprint density at radius 3 is 2.85 bits per heavy atom. The molecule has 1 aromatic carbocycles. The highest BCUT2D eigenvalue weighted by atomic mass is 79.9. The van der Waals surface area contributed by atoms with Crippen LogP contribution in [0.3, 0.4) is 0 Å². The van der Waals surface area contributed by atoms with Crippen molar-refractivity contribution in [2.24, 2.45) is 0 Å². The summed E-state index contributed by atoms with van der Waals surface area (Å²) in [6, 6.07) is 4.92. The van der Waals surface area contributed by atoms with Crippen LogP contribution in [0.25, 0.3) is 0 Å². The molecular formula is C13H16BrF3N2O. The van der Waals surface area contributed by atoms with Crippen molar-refractivity contribution in [1.82, 2.24) is 5.32 Å². The van der Waals surface area contributed by atoms with Gasteiger partial charge in [0, 0.05) is 30.1 Å². The average molecular weight is 353 g/mol. The van der Waals surface area contributed by atoms with Gasteiger partial charge in [0.2, 0.25) is 0 Å². The third-order valence-corrected chi connectivity index (χ3v) is 3.77. The van der Waals surface area contributed by atoms with E-state index in [4.69, 9.17) is 0 Å². The maximum Gasteiger partial charge on any atom is 0.573 e. The summed E-state index contributed by atoms with van der Waals surface area (Å²) in [6.07, 6.45) is -3.83. The number of rotatable bonds is 3. The summed E-state index contributed by atoms with van der Waals surface area (Å²) in [7, 11) is 0. The lowest BCUT2D eigenvalue weighted by atomic mass is 10.1. The number of hydrogen-bond donors (Lipinski definition) is 1. The van der Waals surface area contributed by atoms with Crippen molar-refractivity contribution >= 4 is 21.6 Å². The van der Waals surface area contributed by atoms with Crippen LogP contribution in [0.2, 0.25) is 0 Å². The van der Waals surface area contributed by atoms with Gasteiger partial charge in [-0.1, -0.05) is 22.9 Å². The van der Waals surface area contributed by atoms with Crippen LogP contribution in [0.1, 0.15) is 13.3 Å². The third-order valence-electron chi connectivity index (χ3n) is 3.28. The molecule has 112 valence electrons. The Morgan fingerprint density at radius 1 is 1.45 bits per heavy atom. The Hall–Kier alpha value is -0.950. The van der Waals surface area contributed by atoms with Gasteiger partial charge in [0.25, 0.3) is 0 Å². The van der Waals surface area contributed by atoms with E-state index in [0.29, 0.717) is 16.7 Å². The number of ether oxygens (including phenoxy) is 1. The Bertz CT molecular complexity index is 467. The molecule has 1 fully saturated rings. The Kier molecular flexibility index (Phi) is 4.80. The molecule has 0 aromatic heterocycles. The number of piperazine rings is 1. The summed E-state index contributed by atoms with van der Waals surface area (Å²) < 4.78 is 42.3. The highest BCUT2D eigenvalue weighted by molar-refractivity contribution is 9.10. The normalized spacial score (nSPS) is 20.1. The second-order valence-corrected chi connectivity index (χ2v) is 5.54. The minimum Gasteiger partial charge on any atom is -0.404 e. The van der Waals surface area contributed by atoms with Gasteiger partial charge in [-0.05, 0) is 24.6 Å². The minimum atomic E-state index is -4.69. The lowest BCUT2D eigenvalue weighted by Gasteiger charge is -2.38. The number of nitrogens with one attached hydrogen (secondary N) is 1. The summed E-state index contributed by atoms with van der Waals surface area (Å²) in [5.41, 5.74) is 0.485. The second-order valence-electron chi connectivity index (χ2n) is 4.62. The molecule has 1 saturated heterocycles. The number of hydrogen-bond acceptors (Lipinski definition) is 3. The fourth-order valence-corrected chi connectivity index (χ4v) is 2.71. The highest BCUT2D eigenvalue weighted by Gasteiger charge is 2.34. The van der Waals surface area contributed by atoms with Gasteiger partial charge in [-0.3, -0.25) is 0 Å². The lowest BCUT2D eigenvalue weighted by Crippen LogP contribution is -2.51. The first-order chi connectivity index (χ1) is 9.40. The van der Waals surface area contributed by atoms with E-state index < -0.39 is 6.36 Å². The topological polar surface area (TPSA) is 24.5 Å². The van der Waals surface area contributed by atoms with Gasteiger partial charge in [-0.15, -0.1) is 13.2 Å². The van der Waals surface area contributed by atoms with E-state index in [9.17, 15) is 13.2 Å². The fraction of sp³-hybridized carbons (Fsp3) is 0.538. The van der Waals surface area contributed by atoms with Crippen LogP contribution in [0.5, 0.6) is 5.75 Å². The Balaban J connectivity index is 2.34. The quantitative estimate of drug-likeness (QED) is 0.900. The van der Waals surface area contributed by atoms with Crippen LogP contribution in [0.4, 0.5) is 18.9 Å². The van der Waals surface area contributed by atoms with Gasteiger partial charge >= 0.3 is 6.36 Å². The first-order valence-electron chi connectivity index (χ1n) is 6.43. The molecule has 0 spiro atoms. The van der Waals surface area contributed by atoms with Crippen LogP contribution in [-0.4, -0.2) is 32.0 Å². The molecule has 2 rings (SSSR count). The standard InChI is InChI=1S/C13H16BrF3N2O/c1-2-10-8-18-5-6-19(10)11-4-3-9(14)7-12(11)20-13(15,16)17/h3-4,7,10,18H,2,5-6,8H2,1H3. The molecule has 0 saturated carbocycles. The molecule has 1 aromatic rings. The molecule has 7 heteroatoms. The zero-order chi connectivity index (χ0) is 14.8. The van der Waals surface area contributed by atoms with Crippen LogP contribution in [-0.2, 0) is 0 Å². The van der Waals surface area contributed by atoms with Crippen molar-refractivity contribution < 1.29 is 17.9 Å². The van der Waals surface area contributed by atoms with E-state index in [1.165, 1.54) is 6.07 Å². The van der Waals surface area contributed by atoms with E-state index in [2.05, 4.69) is 26.0 Å². The van der Waals surface area contributed by atoms with Gasteiger partial charge in [0.15, 0.2) is 5.75 Å². The predicted octanol–water partition coefficient (Wildman–Crippen LogP) is 3.54. The molecule has 1 unspecified atom stereocenters. The molecule has 3 nitrogen and oxygen atoms in total. The Labute approximate surface area is 124 Å². The van der Waals surface area contributed by atoms with Crippen LogP contribution >= 0.6 is 15.9 Å². The van der Waals surface area contributed by atoms with Crippen molar-refractivity contribution in [2.45, 2.75) is 25.7 Å². The fourth-order valence-electron chi connectivity index (χ4n) is 2.37. The molecule has 1 heterocycles. The molecule has 0 bridgehead atoms. The molecule has 1 atom stereocenters. The molecule has 0 aliphatic carbocycles. The van der Waals surface area contributed by atoms with Crippen LogP contribution in [0, 0.1) is 0 Å². The Morgan fingerprint density at radius 2 is 2.20 bits per heavy atom. The molecule has 0 radical (unpaired) electrons. The molecule has 1 N–H and O–H groups in total. The second kappa shape index (κ2) is 6.22. The van der Waals surface area contributed by atoms with Crippen molar-refractivity contribution in [3.8, 4) is 5.75 Å². The maximum atomic E-state index is 12.5.